The van der Waals surface area contributed by atoms with Gasteiger partial charge >= 0.3 is 0 Å². The average Bonchev–Trinajstić information content (AvgIpc) is 3.46. The van der Waals surface area contributed by atoms with E-state index in [-0.39, 0.29) is 31.3 Å². The maximum atomic E-state index is 13.2. The van der Waals surface area contributed by atoms with Crippen LogP contribution in [0.15, 0.2) is 48.0 Å². The molecule has 5 rings (SSSR count). The zero-order valence-corrected chi connectivity index (χ0v) is 17.7. The summed E-state index contributed by atoms with van der Waals surface area (Å²) in [6.45, 7) is 2.46. The molecule has 0 bridgehead atoms. The minimum Gasteiger partial charge on any atom is -0.507 e. The van der Waals surface area contributed by atoms with Gasteiger partial charge in [-0.3, -0.25) is 9.59 Å². The van der Waals surface area contributed by atoms with Gasteiger partial charge in [-0.1, -0.05) is 18.2 Å². The number of aliphatic hydroxyl groups is 1. The van der Waals surface area contributed by atoms with E-state index in [0.717, 1.165) is 22.2 Å². The van der Waals surface area contributed by atoms with Crippen molar-refractivity contribution in [3.8, 4) is 11.5 Å². The van der Waals surface area contributed by atoms with Gasteiger partial charge in [0.1, 0.15) is 5.76 Å². The number of nitrogens with zero attached hydrogens (tertiary/aromatic N) is 1. The molecular formula is C24H22N2O6. The number of amides is 1. The number of nitrogens with one attached hydrogen (secondary N) is 1. The molecule has 8 nitrogen and oxygen atoms in total. The van der Waals surface area contributed by atoms with Crippen LogP contribution in [0.25, 0.3) is 16.7 Å². The summed E-state index contributed by atoms with van der Waals surface area (Å²) in [5.74, 6) is -0.616. The Morgan fingerprint density at radius 2 is 1.97 bits per heavy atom. The predicted molar refractivity (Wildman–Crippen MR) is 116 cm³/mol. The number of carbonyl (C=O) groups excluding carboxylic acids is 2. The second-order valence-electron chi connectivity index (χ2n) is 7.76. The number of aliphatic hydroxyl groups excluding tert-OH is 1. The highest BCUT2D eigenvalue weighted by molar-refractivity contribution is 6.46. The molecule has 0 spiro atoms. The van der Waals surface area contributed by atoms with E-state index in [0.29, 0.717) is 17.1 Å². The molecule has 1 unspecified atom stereocenters. The lowest BCUT2D eigenvalue weighted by atomic mass is 9.93. The van der Waals surface area contributed by atoms with Crippen molar-refractivity contribution in [3.63, 3.8) is 0 Å². The lowest BCUT2D eigenvalue weighted by Crippen LogP contribution is -2.32. The number of hydrogen-bond acceptors (Lipinski definition) is 6. The Labute approximate surface area is 184 Å². The molecule has 1 aromatic heterocycles. The van der Waals surface area contributed by atoms with Gasteiger partial charge < -0.3 is 29.2 Å². The molecule has 1 atom stereocenters. The second-order valence-corrected chi connectivity index (χ2v) is 7.76. The summed E-state index contributed by atoms with van der Waals surface area (Å²) in [5.41, 5.74) is 2.90. The number of hydrogen-bond donors (Lipinski definition) is 2. The quantitative estimate of drug-likeness (QED) is 0.363. The first-order chi connectivity index (χ1) is 15.5. The first kappa shape index (κ1) is 20.1. The van der Waals surface area contributed by atoms with Crippen LogP contribution in [0.4, 0.5) is 0 Å². The highest BCUT2D eigenvalue weighted by atomic mass is 16.7. The van der Waals surface area contributed by atoms with E-state index in [4.69, 9.17) is 14.2 Å². The number of ether oxygens (including phenoxy) is 3. The Kier molecular flexibility index (Phi) is 4.86. The number of para-hydroxylation sites is 1. The number of rotatable bonds is 5. The van der Waals surface area contributed by atoms with E-state index in [1.807, 2.05) is 31.2 Å². The Hall–Kier alpha value is -3.78. The highest BCUT2D eigenvalue weighted by Gasteiger charge is 2.47. The average molecular weight is 434 g/mol. The molecule has 1 amide bonds. The Bertz CT molecular complexity index is 1270. The summed E-state index contributed by atoms with van der Waals surface area (Å²) < 4.78 is 15.9. The summed E-state index contributed by atoms with van der Waals surface area (Å²) in [6.07, 6.45) is 0. The van der Waals surface area contributed by atoms with Crippen LogP contribution in [0.2, 0.25) is 0 Å². The van der Waals surface area contributed by atoms with E-state index >= 15 is 0 Å². The fourth-order valence-electron chi connectivity index (χ4n) is 4.45. The number of likely N-dealkylation sites (tertiary alicyclic amines) is 1. The van der Waals surface area contributed by atoms with Crippen LogP contribution >= 0.6 is 0 Å². The Balaban J connectivity index is 1.72. The molecule has 0 aliphatic carbocycles. The van der Waals surface area contributed by atoms with Gasteiger partial charge in [0.2, 0.25) is 6.79 Å². The minimum atomic E-state index is -0.758. The topological polar surface area (TPSA) is 101 Å². The number of aromatic amines is 1. The van der Waals surface area contributed by atoms with Crippen LogP contribution in [-0.4, -0.2) is 53.7 Å². The van der Waals surface area contributed by atoms with Crippen molar-refractivity contribution >= 4 is 28.4 Å². The molecule has 1 saturated heterocycles. The van der Waals surface area contributed by atoms with Gasteiger partial charge in [0.15, 0.2) is 11.5 Å². The molecular weight excluding hydrogens is 412 g/mol. The number of aromatic nitrogens is 1. The molecule has 8 heteroatoms. The van der Waals surface area contributed by atoms with Gasteiger partial charge in [-0.2, -0.15) is 0 Å². The number of methoxy groups -OCH3 is 1. The van der Waals surface area contributed by atoms with Crippen molar-refractivity contribution in [1.29, 1.82) is 0 Å². The second kappa shape index (κ2) is 7.72. The number of fused-ring (bicyclic) bond motifs is 2. The fraction of sp³-hybridized carbons (Fsp3) is 0.250. The maximum Gasteiger partial charge on any atom is 0.295 e. The van der Waals surface area contributed by atoms with Gasteiger partial charge in [0.05, 0.1) is 18.2 Å². The van der Waals surface area contributed by atoms with Gasteiger partial charge in [-0.05, 0) is 31.2 Å². The van der Waals surface area contributed by atoms with Gasteiger partial charge in [-0.25, -0.2) is 0 Å². The SMILES string of the molecule is COCCN1C(=O)C(=O)/C(=C(/O)c2ccc3c(c2)OCO3)C1c1c(C)[nH]c2ccccc12. The van der Waals surface area contributed by atoms with Crippen LogP contribution in [0, 0.1) is 6.92 Å². The zero-order valence-electron chi connectivity index (χ0n) is 17.7. The lowest BCUT2D eigenvalue weighted by molar-refractivity contribution is -0.140. The minimum absolute atomic E-state index is 0.0396. The van der Waals surface area contributed by atoms with Gasteiger partial charge in [-0.15, -0.1) is 0 Å². The standard InChI is InChI=1S/C24H22N2O6/c1-13-19(15-5-3-4-6-16(15)25-13)21-20(23(28)24(29)26(21)9-10-30-2)22(27)14-7-8-17-18(11-14)32-12-31-17/h3-8,11,21,25,27H,9-10,12H2,1-2H3/b22-20+. The number of Topliss-reactive ketones (excluding diaryl/α,β-unsaturated/α-hetero) is 1. The van der Waals surface area contributed by atoms with Crippen LogP contribution in [0.3, 0.4) is 0 Å². The molecule has 164 valence electrons. The predicted octanol–water partition coefficient (Wildman–Crippen LogP) is 3.27. The van der Waals surface area contributed by atoms with Gasteiger partial charge in [0, 0.05) is 41.4 Å². The fourth-order valence-corrected chi connectivity index (χ4v) is 4.45. The van der Waals surface area contributed by atoms with Crippen LogP contribution in [-0.2, 0) is 14.3 Å². The third-order valence-electron chi connectivity index (χ3n) is 5.94. The number of ketones is 1. The monoisotopic (exact) mass is 434 g/mol. The molecule has 3 heterocycles. The first-order valence-corrected chi connectivity index (χ1v) is 10.3. The number of carbonyl (C=O) groups is 2. The van der Waals surface area contributed by atoms with Crippen molar-refractivity contribution in [2.45, 2.75) is 13.0 Å². The number of H-pyrrole nitrogens is 1. The van der Waals surface area contributed by atoms with Crippen molar-refractivity contribution in [1.82, 2.24) is 9.88 Å². The molecule has 2 N–H and O–H groups in total. The maximum absolute atomic E-state index is 13.2. The zero-order chi connectivity index (χ0) is 22.4. The molecule has 2 aliphatic rings. The third kappa shape index (κ3) is 3.03. The van der Waals surface area contributed by atoms with Crippen LogP contribution < -0.4 is 9.47 Å². The summed E-state index contributed by atoms with van der Waals surface area (Å²) >= 11 is 0. The molecule has 0 saturated carbocycles. The number of benzene rings is 2. The first-order valence-electron chi connectivity index (χ1n) is 10.3. The largest absolute Gasteiger partial charge is 0.507 e. The van der Waals surface area contributed by atoms with E-state index in [1.54, 1.807) is 18.2 Å². The normalized spacial score (nSPS) is 19.3. The van der Waals surface area contributed by atoms with Crippen LogP contribution in [0.5, 0.6) is 11.5 Å². The molecule has 2 aromatic carbocycles. The molecule has 3 aromatic rings. The van der Waals surface area contributed by atoms with Crippen molar-refractivity contribution in [2.75, 3.05) is 27.1 Å². The lowest BCUT2D eigenvalue weighted by Gasteiger charge is -2.25. The van der Waals surface area contributed by atoms with E-state index in [2.05, 4.69) is 4.98 Å². The summed E-state index contributed by atoms with van der Waals surface area (Å²) in [5, 5.41) is 12.1. The highest BCUT2D eigenvalue weighted by Crippen LogP contribution is 2.44. The molecule has 1 fully saturated rings. The Morgan fingerprint density at radius 3 is 2.78 bits per heavy atom. The van der Waals surface area contributed by atoms with Crippen molar-refractivity contribution in [2.24, 2.45) is 0 Å². The van der Waals surface area contributed by atoms with Gasteiger partial charge in [0.25, 0.3) is 11.7 Å². The number of aryl methyl sites for hydroxylation is 1. The summed E-state index contributed by atoms with van der Waals surface area (Å²) in [6, 6.07) is 11.9. The van der Waals surface area contributed by atoms with Crippen LogP contribution in [0.1, 0.15) is 22.9 Å². The third-order valence-corrected chi connectivity index (χ3v) is 5.94. The Morgan fingerprint density at radius 1 is 1.19 bits per heavy atom. The molecule has 2 aliphatic heterocycles. The van der Waals surface area contributed by atoms with Crippen molar-refractivity contribution < 1.29 is 28.9 Å². The summed E-state index contributed by atoms with van der Waals surface area (Å²) in [7, 11) is 1.54. The van der Waals surface area contributed by atoms with Crippen molar-refractivity contribution in [3.05, 3.63) is 64.9 Å². The smallest absolute Gasteiger partial charge is 0.295 e. The van der Waals surface area contributed by atoms with E-state index in [9.17, 15) is 14.7 Å². The summed E-state index contributed by atoms with van der Waals surface area (Å²) in [4.78, 5) is 31.0. The van der Waals surface area contributed by atoms with E-state index < -0.39 is 17.7 Å². The molecule has 0 radical (unpaired) electrons. The molecule has 32 heavy (non-hydrogen) atoms. The van der Waals surface area contributed by atoms with E-state index in [1.165, 1.54) is 12.0 Å².